The van der Waals surface area contributed by atoms with Crippen molar-refractivity contribution >= 4 is 6.29 Å². The maximum atomic E-state index is 10.6. The summed E-state index contributed by atoms with van der Waals surface area (Å²) < 4.78 is 0. The molecule has 1 heteroatoms. The first-order valence-electron chi connectivity index (χ1n) is 4.72. The molecule has 1 atom stereocenters. The van der Waals surface area contributed by atoms with Gasteiger partial charge in [0.2, 0.25) is 0 Å². The first-order chi connectivity index (χ1) is 6.23. The fourth-order valence-corrected chi connectivity index (χ4v) is 1.49. The van der Waals surface area contributed by atoms with Crippen LogP contribution in [0.4, 0.5) is 0 Å². The summed E-state index contributed by atoms with van der Waals surface area (Å²) in [4.78, 5) is 10.6. The lowest BCUT2D eigenvalue weighted by Gasteiger charge is -2.26. The zero-order valence-corrected chi connectivity index (χ0v) is 8.29. The molecule has 0 saturated heterocycles. The van der Waals surface area contributed by atoms with Gasteiger partial charge in [-0.05, 0) is 17.4 Å². The standard InChI is InChI=1S/C12H16O/c1-3-12(2,9-10-13)11-7-5-4-6-8-11/h4-8,10H,3,9H2,1-2H3. The summed E-state index contributed by atoms with van der Waals surface area (Å²) in [5, 5.41) is 0. The molecule has 1 aromatic carbocycles. The third-order valence-corrected chi connectivity index (χ3v) is 2.78. The van der Waals surface area contributed by atoms with Gasteiger partial charge in [-0.25, -0.2) is 0 Å². The smallest absolute Gasteiger partial charge is 0.120 e. The lowest BCUT2D eigenvalue weighted by Crippen LogP contribution is -2.21. The van der Waals surface area contributed by atoms with Crippen molar-refractivity contribution in [2.75, 3.05) is 0 Å². The first-order valence-corrected chi connectivity index (χ1v) is 4.72. The number of benzene rings is 1. The Bertz CT molecular complexity index is 266. The second-order valence-corrected chi connectivity index (χ2v) is 3.65. The molecule has 0 amide bonds. The zero-order valence-electron chi connectivity index (χ0n) is 8.29. The fourth-order valence-electron chi connectivity index (χ4n) is 1.49. The van der Waals surface area contributed by atoms with Crippen molar-refractivity contribution in [3.05, 3.63) is 35.9 Å². The highest BCUT2D eigenvalue weighted by molar-refractivity contribution is 5.53. The van der Waals surface area contributed by atoms with E-state index in [1.165, 1.54) is 5.56 Å². The average molecular weight is 176 g/mol. The highest BCUT2D eigenvalue weighted by Gasteiger charge is 2.23. The minimum atomic E-state index is 0.0169. The van der Waals surface area contributed by atoms with Crippen LogP contribution in [-0.2, 0) is 10.2 Å². The van der Waals surface area contributed by atoms with Crippen LogP contribution in [0.15, 0.2) is 30.3 Å². The van der Waals surface area contributed by atoms with Gasteiger partial charge in [0.05, 0.1) is 0 Å². The molecule has 1 nitrogen and oxygen atoms in total. The predicted octanol–water partition coefficient (Wildman–Crippen LogP) is 2.94. The van der Waals surface area contributed by atoms with Gasteiger partial charge in [-0.1, -0.05) is 44.2 Å². The van der Waals surface area contributed by atoms with E-state index in [9.17, 15) is 4.79 Å². The number of carbonyl (C=O) groups is 1. The van der Waals surface area contributed by atoms with Crippen molar-refractivity contribution < 1.29 is 4.79 Å². The van der Waals surface area contributed by atoms with E-state index in [1.807, 2.05) is 18.2 Å². The second-order valence-electron chi connectivity index (χ2n) is 3.65. The van der Waals surface area contributed by atoms with Crippen molar-refractivity contribution in [2.24, 2.45) is 0 Å². The molecule has 0 aliphatic rings. The van der Waals surface area contributed by atoms with E-state index in [4.69, 9.17) is 0 Å². The molecule has 0 fully saturated rings. The summed E-state index contributed by atoms with van der Waals surface area (Å²) in [6, 6.07) is 10.2. The summed E-state index contributed by atoms with van der Waals surface area (Å²) in [7, 11) is 0. The summed E-state index contributed by atoms with van der Waals surface area (Å²) >= 11 is 0. The minimum Gasteiger partial charge on any atom is -0.303 e. The molecule has 0 aliphatic carbocycles. The zero-order chi connectivity index (χ0) is 9.73. The molecular formula is C12H16O. The van der Waals surface area contributed by atoms with Crippen LogP contribution in [0, 0.1) is 0 Å². The lowest BCUT2D eigenvalue weighted by atomic mass is 9.78. The molecule has 13 heavy (non-hydrogen) atoms. The number of carbonyl (C=O) groups excluding carboxylic acids is 1. The molecule has 1 unspecified atom stereocenters. The van der Waals surface area contributed by atoms with Gasteiger partial charge in [0.25, 0.3) is 0 Å². The van der Waals surface area contributed by atoms with Gasteiger partial charge in [-0.3, -0.25) is 0 Å². The molecule has 0 aliphatic heterocycles. The first kappa shape index (κ1) is 9.97. The largest absolute Gasteiger partial charge is 0.303 e. The van der Waals surface area contributed by atoms with E-state index in [0.29, 0.717) is 6.42 Å². The molecule has 0 N–H and O–H groups in total. The molecule has 70 valence electrons. The molecule has 0 bridgehead atoms. The maximum Gasteiger partial charge on any atom is 0.120 e. The van der Waals surface area contributed by atoms with Gasteiger partial charge >= 0.3 is 0 Å². The second kappa shape index (κ2) is 4.22. The van der Waals surface area contributed by atoms with E-state index >= 15 is 0 Å². The van der Waals surface area contributed by atoms with Crippen LogP contribution in [0.5, 0.6) is 0 Å². The third-order valence-electron chi connectivity index (χ3n) is 2.78. The predicted molar refractivity (Wildman–Crippen MR) is 54.8 cm³/mol. The molecule has 0 radical (unpaired) electrons. The lowest BCUT2D eigenvalue weighted by molar-refractivity contribution is -0.108. The fraction of sp³-hybridized carbons (Fsp3) is 0.417. The van der Waals surface area contributed by atoms with Crippen LogP contribution in [0.3, 0.4) is 0 Å². The Kier molecular flexibility index (Phi) is 3.24. The molecular weight excluding hydrogens is 160 g/mol. The molecule has 1 aromatic rings. The Morgan fingerprint density at radius 2 is 1.92 bits per heavy atom. The molecule has 0 aromatic heterocycles. The van der Waals surface area contributed by atoms with E-state index < -0.39 is 0 Å². The minimum absolute atomic E-state index is 0.0169. The molecule has 0 heterocycles. The van der Waals surface area contributed by atoms with Gasteiger partial charge < -0.3 is 4.79 Å². The van der Waals surface area contributed by atoms with Crippen LogP contribution >= 0.6 is 0 Å². The monoisotopic (exact) mass is 176 g/mol. The van der Waals surface area contributed by atoms with Crippen LogP contribution in [0.2, 0.25) is 0 Å². The Balaban J connectivity index is 2.95. The van der Waals surface area contributed by atoms with Crippen molar-refractivity contribution in [3.8, 4) is 0 Å². The van der Waals surface area contributed by atoms with Crippen molar-refractivity contribution in [1.29, 1.82) is 0 Å². The molecule has 1 rings (SSSR count). The number of aldehydes is 1. The van der Waals surface area contributed by atoms with Gasteiger partial charge in [0.15, 0.2) is 0 Å². The number of hydrogen-bond acceptors (Lipinski definition) is 1. The summed E-state index contributed by atoms with van der Waals surface area (Å²) in [5.74, 6) is 0. The quantitative estimate of drug-likeness (QED) is 0.645. The van der Waals surface area contributed by atoms with Crippen LogP contribution in [0.25, 0.3) is 0 Å². The Hall–Kier alpha value is -1.11. The summed E-state index contributed by atoms with van der Waals surface area (Å²) in [6.07, 6.45) is 2.61. The van der Waals surface area contributed by atoms with E-state index in [2.05, 4.69) is 26.0 Å². The highest BCUT2D eigenvalue weighted by atomic mass is 16.1. The highest BCUT2D eigenvalue weighted by Crippen LogP contribution is 2.29. The summed E-state index contributed by atoms with van der Waals surface area (Å²) in [6.45, 7) is 4.26. The molecule has 0 saturated carbocycles. The topological polar surface area (TPSA) is 17.1 Å². The summed E-state index contributed by atoms with van der Waals surface area (Å²) in [5.41, 5.74) is 1.27. The van der Waals surface area contributed by atoms with Gasteiger partial charge in [-0.15, -0.1) is 0 Å². The Morgan fingerprint density at radius 1 is 1.31 bits per heavy atom. The van der Waals surface area contributed by atoms with Crippen molar-refractivity contribution in [3.63, 3.8) is 0 Å². The number of rotatable bonds is 4. The Labute approximate surface area is 79.8 Å². The van der Waals surface area contributed by atoms with Crippen LogP contribution in [-0.4, -0.2) is 6.29 Å². The van der Waals surface area contributed by atoms with Crippen molar-refractivity contribution in [2.45, 2.75) is 32.1 Å². The van der Waals surface area contributed by atoms with E-state index in [-0.39, 0.29) is 5.41 Å². The Morgan fingerprint density at radius 3 is 2.38 bits per heavy atom. The van der Waals surface area contributed by atoms with Crippen molar-refractivity contribution in [1.82, 2.24) is 0 Å². The normalized spacial score (nSPS) is 14.9. The van der Waals surface area contributed by atoms with Gasteiger partial charge in [-0.2, -0.15) is 0 Å². The van der Waals surface area contributed by atoms with E-state index in [1.54, 1.807) is 0 Å². The van der Waals surface area contributed by atoms with Crippen LogP contribution < -0.4 is 0 Å². The van der Waals surface area contributed by atoms with Crippen LogP contribution in [0.1, 0.15) is 32.3 Å². The third kappa shape index (κ3) is 2.18. The average Bonchev–Trinajstić information content (AvgIpc) is 2.19. The van der Waals surface area contributed by atoms with E-state index in [0.717, 1.165) is 12.7 Å². The maximum absolute atomic E-state index is 10.6. The van der Waals surface area contributed by atoms with Gasteiger partial charge in [0.1, 0.15) is 6.29 Å². The number of hydrogen-bond donors (Lipinski definition) is 0. The SMILES string of the molecule is CCC(C)(CC=O)c1ccccc1. The van der Waals surface area contributed by atoms with Gasteiger partial charge in [0, 0.05) is 6.42 Å². The molecule has 0 spiro atoms.